The molecular weight excluding hydrogens is 317 g/mol. The molecule has 0 radical (unpaired) electrons. The summed E-state index contributed by atoms with van der Waals surface area (Å²) < 4.78 is 12.9. The van der Waals surface area contributed by atoms with Gasteiger partial charge in [-0.1, -0.05) is 35.9 Å². The third-order valence-corrected chi connectivity index (χ3v) is 3.86. The molecule has 0 saturated heterocycles. The molecule has 23 heavy (non-hydrogen) atoms. The predicted octanol–water partition coefficient (Wildman–Crippen LogP) is 3.44. The van der Waals surface area contributed by atoms with Crippen LogP contribution in [0.3, 0.4) is 0 Å². The molecule has 1 unspecified atom stereocenters. The van der Waals surface area contributed by atoms with Gasteiger partial charge in [-0.2, -0.15) is 0 Å². The van der Waals surface area contributed by atoms with E-state index in [4.69, 9.17) is 11.6 Å². The molecule has 3 nitrogen and oxygen atoms in total. The summed E-state index contributed by atoms with van der Waals surface area (Å²) in [5.74, 6) is -0.525. The summed E-state index contributed by atoms with van der Waals surface area (Å²) in [6.07, 6.45) is 0.880. The molecule has 5 heteroatoms. The first-order valence-electron chi connectivity index (χ1n) is 7.36. The Bertz CT molecular complexity index is 671. The van der Waals surface area contributed by atoms with Crippen molar-refractivity contribution in [2.75, 3.05) is 6.54 Å². The van der Waals surface area contributed by atoms with Crippen LogP contribution in [-0.2, 0) is 16.8 Å². The summed E-state index contributed by atoms with van der Waals surface area (Å²) in [6.45, 7) is 1.64. The zero-order valence-electron chi connectivity index (χ0n) is 12.9. The van der Waals surface area contributed by atoms with E-state index in [-0.39, 0.29) is 18.3 Å². The highest BCUT2D eigenvalue weighted by atomic mass is 35.5. The molecule has 0 saturated carbocycles. The van der Waals surface area contributed by atoms with Crippen LogP contribution in [0.1, 0.15) is 24.5 Å². The molecule has 2 N–H and O–H groups in total. The monoisotopic (exact) mass is 335 g/mol. The number of carbonyl (C=O) groups is 1. The van der Waals surface area contributed by atoms with Gasteiger partial charge in [-0.3, -0.25) is 4.79 Å². The number of benzene rings is 2. The molecule has 0 heterocycles. The van der Waals surface area contributed by atoms with Gasteiger partial charge in [0.2, 0.25) is 5.91 Å². The first-order chi connectivity index (χ1) is 10.9. The van der Waals surface area contributed by atoms with E-state index in [9.17, 15) is 14.3 Å². The van der Waals surface area contributed by atoms with Crippen LogP contribution in [0.15, 0.2) is 48.5 Å². The van der Waals surface area contributed by atoms with Crippen molar-refractivity contribution in [3.05, 3.63) is 70.5 Å². The van der Waals surface area contributed by atoms with E-state index in [1.807, 2.05) is 18.2 Å². The lowest BCUT2D eigenvalue weighted by atomic mass is 9.96. The molecular formula is C18H19ClFNO2. The van der Waals surface area contributed by atoms with Crippen LogP contribution in [0.4, 0.5) is 4.39 Å². The van der Waals surface area contributed by atoms with Crippen LogP contribution in [0.5, 0.6) is 0 Å². The van der Waals surface area contributed by atoms with E-state index in [1.165, 1.54) is 24.3 Å². The van der Waals surface area contributed by atoms with Gasteiger partial charge in [-0.05, 0) is 48.7 Å². The van der Waals surface area contributed by atoms with Crippen molar-refractivity contribution in [2.24, 2.45) is 0 Å². The van der Waals surface area contributed by atoms with Crippen molar-refractivity contribution < 1.29 is 14.3 Å². The molecule has 0 fully saturated rings. The SMILES string of the molecule is CC(O)(CNC(=O)CCc1cccc(Cl)c1)c1ccc(F)cc1. The molecule has 0 aromatic heterocycles. The van der Waals surface area contributed by atoms with E-state index in [0.717, 1.165) is 5.56 Å². The average Bonchev–Trinajstić information content (AvgIpc) is 2.51. The van der Waals surface area contributed by atoms with Crippen LogP contribution < -0.4 is 5.32 Å². The van der Waals surface area contributed by atoms with Crippen LogP contribution in [0, 0.1) is 5.82 Å². The van der Waals surface area contributed by atoms with Crippen LogP contribution in [-0.4, -0.2) is 17.6 Å². The van der Waals surface area contributed by atoms with Gasteiger partial charge in [0.25, 0.3) is 0 Å². The number of carbonyl (C=O) groups excluding carboxylic acids is 1. The van der Waals surface area contributed by atoms with E-state index in [0.29, 0.717) is 23.4 Å². The molecule has 0 aliphatic rings. The normalized spacial score (nSPS) is 13.4. The molecule has 0 aliphatic heterocycles. The second-order valence-electron chi connectivity index (χ2n) is 5.69. The summed E-state index contributed by atoms with van der Waals surface area (Å²) in [4.78, 5) is 11.9. The van der Waals surface area contributed by atoms with Gasteiger partial charge in [0, 0.05) is 11.4 Å². The Morgan fingerprint density at radius 2 is 1.96 bits per heavy atom. The van der Waals surface area contributed by atoms with Gasteiger partial charge in [0.15, 0.2) is 0 Å². The summed E-state index contributed by atoms with van der Waals surface area (Å²) in [7, 11) is 0. The molecule has 1 amide bonds. The fraction of sp³-hybridized carbons (Fsp3) is 0.278. The van der Waals surface area contributed by atoms with Crippen molar-refractivity contribution in [3.63, 3.8) is 0 Å². The van der Waals surface area contributed by atoms with E-state index in [2.05, 4.69) is 5.32 Å². The maximum atomic E-state index is 12.9. The maximum absolute atomic E-state index is 12.9. The highest BCUT2D eigenvalue weighted by molar-refractivity contribution is 6.30. The van der Waals surface area contributed by atoms with Gasteiger partial charge in [-0.25, -0.2) is 4.39 Å². The Morgan fingerprint density at radius 1 is 1.26 bits per heavy atom. The smallest absolute Gasteiger partial charge is 0.220 e. The summed E-state index contributed by atoms with van der Waals surface area (Å²) in [5.41, 5.74) is 0.284. The number of aliphatic hydroxyl groups is 1. The number of hydrogen-bond donors (Lipinski definition) is 2. The first-order valence-corrected chi connectivity index (χ1v) is 7.74. The lowest BCUT2D eigenvalue weighted by Crippen LogP contribution is -2.38. The highest BCUT2D eigenvalue weighted by Crippen LogP contribution is 2.20. The molecule has 0 spiro atoms. The fourth-order valence-corrected chi connectivity index (χ4v) is 2.43. The minimum atomic E-state index is -1.25. The predicted molar refractivity (Wildman–Crippen MR) is 88.8 cm³/mol. The number of rotatable bonds is 6. The van der Waals surface area contributed by atoms with Gasteiger partial charge in [0.05, 0.1) is 6.54 Å². The summed E-state index contributed by atoms with van der Waals surface area (Å²) in [5, 5.41) is 13.7. The van der Waals surface area contributed by atoms with Crippen LogP contribution >= 0.6 is 11.6 Å². The Kier molecular flexibility index (Phi) is 5.74. The first kappa shape index (κ1) is 17.4. The third kappa shape index (κ3) is 5.34. The van der Waals surface area contributed by atoms with Crippen molar-refractivity contribution in [3.8, 4) is 0 Å². The number of nitrogens with one attached hydrogen (secondary N) is 1. The summed E-state index contributed by atoms with van der Waals surface area (Å²) in [6, 6.07) is 12.9. The average molecular weight is 336 g/mol. The minimum absolute atomic E-state index is 0.0625. The topological polar surface area (TPSA) is 49.3 Å². The van der Waals surface area contributed by atoms with E-state index >= 15 is 0 Å². The van der Waals surface area contributed by atoms with E-state index < -0.39 is 5.60 Å². The second kappa shape index (κ2) is 7.57. The molecule has 2 rings (SSSR count). The fourth-order valence-electron chi connectivity index (χ4n) is 2.22. The molecule has 2 aromatic rings. The van der Waals surface area contributed by atoms with Gasteiger partial charge in [-0.15, -0.1) is 0 Å². The summed E-state index contributed by atoms with van der Waals surface area (Å²) >= 11 is 5.90. The Balaban J connectivity index is 1.84. The standard InChI is InChI=1S/C18H19ClFNO2/c1-18(23,14-6-8-16(20)9-7-14)12-21-17(22)10-5-13-3-2-4-15(19)11-13/h2-4,6-9,11,23H,5,10,12H2,1H3,(H,21,22). The van der Waals surface area contributed by atoms with Crippen molar-refractivity contribution in [1.29, 1.82) is 0 Å². The lowest BCUT2D eigenvalue weighted by molar-refractivity contribution is -0.122. The Hall–Kier alpha value is -1.91. The van der Waals surface area contributed by atoms with Gasteiger partial charge >= 0.3 is 0 Å². The molecule has 122 valence electrons. The van der Waals surface area contributed by atoms with Gasteiger partial charge < -0.3 is 10.4 Å². The zero-order valence-corrected chi connectivity index (χ0v) is 13.6. The second-order valence-corrected chi connectivity index (χ2v) is 6.12. The molecule has 1 atom stereocenters. The van der Waals surface area contributed by atoms with E-state index in [1.54, 1.807) is 13.0 Å². The number of aryl methyl sites for hydroxylation is 1. The largest absolute Gasteiger partial charge is 0.384 e. The zero-order chi connectivity index (χ0) is 16.9. The quantitative estimate of drug-likeness (QED) is 0.849. The van der Waals surface area contributed by atoms with Gasteiger partial charge in [0.1, 0.15) is 11.4 Å². The van der Waals surface area contributed by atoms with Crippen molar-refractivity contribution >= 4 is 17.5 Å². The third-order valence-electron chi connectivity index (χ3n) is 3.63. The van der Waals surface area contributed by atoms with Crippen LogP contribution in [0.25, 0.3) is 0 Å². The number of amides is 1. The highest BCUT2D eigenvalue weighted by Gasteiger charge is 2.23. The Morgan fingerprint density at radius 3 is 2.61 bits per heavy atom. The molecule has 0 bridgehead atoms. The lowest BCUT2D eigenvalue weighted by Gasteiger charge is -2.24. The number of halogens is 2. The molecule has 0 aliphatic carbocycles. The maximum Gasteiger partial charge on any atom is 0.220 e. The Labute approximate surface area is 140 Å². The number of hydrogen-bond acceptors (Lipinski definition) is 2. The van der Waals surface area contributed by atoms with Crippen molar-refractivity contribution in [1.82, 2.24) is 5.32 Å². The minimum Gasteiger partial charge on any atom is -0.384 e. The van der Waals surface area contributed by atoms with Crippen LogP contribution in [0.2, 0.25) is 5.02 Å². The molecule has 2 aromatic carbocycles. The van der Waals surface area contributed by atoms with Crippen molar-refractivity contribution in [2.45, 2.75) is 25.4 Å².